The quantitative estimate of drug-likeness (QED) is 0.611. The first-order chi connectivity index (χ1) is 5.00. The second-order valence-corrected chi connectivity index (χ2v) is 3.77. The Morgan fingerprint density at radius 3 is 1.82 bits per heavy atom. The molecule has 0 saturated heterocycles. The fourth-order valence-electron chi connectivity index (χ4n) is 1.78. The van der Waals surface area contributed by atoms with Crippen molar-refractivity contribution >= 4 is 5.78 Å². The van der Waals surface area contributed by atoms with E-state index in [1.807, 2.05) is 0 Å². The predicted molar refractivity (Wildman–Crippen MR) is 48.5 cm³/mol. The van der Waals surface area contributed by atoms with Gasteiger partial charge >= 0.3 is 0 Å². The molecule has 0 aliphatic rings. The van der Waals surface area contributed by atoms with Gasteiger partial charge in [0.15, 0.2) is 0 Å². The summed E-state index contributed by atoms with van der Waals surface area (Å²) in [5.74, 6) is 1.63. The summed E-state index contributed by atoms with van der Waals surface area (Å²) in [6.45, 7) is 10.3. The summed E-state index contributed by atoms with van der Waals surface area (Å²) >= 11 is 0. The van der Waals surface area contributed by atoms with Crippen molar-refractivity contribution in [2.45, 2.75) is 41.0 Å². The van der Waals surface area contributed by atoms with Gasteiger partial charge in [-0.15, -0.1) is 0 Å². The van der Waals surface area contributed by atoms with Crippen LogP contribution in [0.4, 0.5) is 0 Å². The summed E-state index contributed by atoms with van der Waals surface area (Å²) in [6.07, 6.45) is 1.10. The van der Waals surface area contributed by atoms with Crippen LogP contribution >= 0.6 is 0 Å². The normalized spacial score (nSPS) is 16.5. The first kappa shape index (κ1) is 10.7. The molecule has 0 N–H and O–H groups in total. The van der Waals surface area contributed by atoms with Gasteiger partial charge in [-0.2, -0.15) is 0 Å². The molecule has 1 heteroatoms. The van der Waals surface area contributed by atoms with Gasteiger partial charge < -0.3 is 0 Å². The standard InChI is InChI=1S/C10H20O/c1-6-8(4)10(7(2)3)9(5)11/h7-8,10H,6H2,1-5H3. The molecule has 0 aromatic heterocycles. The van der Waals surface area contributed by atoms with Crippen LogP contribution in [0.2, 0.25) is 0 Å². The number of carbonyl (C=O) groups excluding carboxylic acids is 1. The van der Waals surface area contributed by atoms with Crippen LogP contribution < -0.4 is 0 Å². The predicted octanol–water partition coefficient (Wildman–Crippen LogP) is 2.89. The van der Waals surface area contributed by atoms with E-state index in [0.717, 1.165) is 6.42 Å². The second kappa shape index (κ2) is 4.53. The maximum Gasteiger partial charge on any atom is 0.133 e. The number of hydrogen-bond acceptors (Lipinski definition) is 1. The molecule has 1 nitrogen and oxygen atoms in total. The molecule has 11 heavy (non-hydrogen) atoms. The van der Waals surface area contributed by atoms with Crippen LogP contribution in [0.25, 0.3) is 0 Å². The van der Waals surface area contributed by atoms with E-state index in [1.54, 1.807) is 6.92 Å². The Hall–Kier alpha value is -0.330. The highest BCUT2D eigenvalue weighted by Gasteiger charge is 2.23. The number of ketones is 1. The summed E-state index contributed by atoms with van der Waals surface area (Å²) in [7, 11) is 0. The molecule has 0 radical (unpaired) electrons. The average molecular weight is 156 g/mol. The molecule has 0 aromatic rings. The van der Waals surface area contributed by atoms with E-state index in [-0.39, 0.29) is 5.92 Å². The molecule has 2 atom stereocenters. The van der Waals surface area contributed by atoms with Crippen LogP contribution in [0, 0.1) is 17.8 Å². The minimum Gasteiger partial charge on any atom is -0.300 e. The molecule has 66 valence electrons. The van der Waals surface area contributed by atoms with Gasteiger partial charge in [0.2, 0.25) is 0 Å². The molecule has 0 amide bonds. The molecule has 0 heterocycles. The lowest BCUT2D eigenvalue weighted by molar-refractivity contribution is -0.123. The van der Waals surface area contributed by atoms with Crippen LogP contribution in [0.15, 0.2) is 0 Å². The highest BCUT2D eigenvalue weighted by atomic mass is 16.1. The van der Waals surface area contributed by atoms with Gasteiger partial charge in [-0.3, -0.25) is 4.79 Å². The molecule has 2 unspecified atom stereocenters. The largest absolute Gasteiger partial charge is 0.300 e. The first-order valence-electron chi connectivity index (χ1n) is 4.51. The topological polar surface area (TPSA) is 17.1 Å². The lowest BCUT2D eigenvalue weighted by Gasteiger charge is -2.23. The van der Waals surface area contributed by atoms with E-state index < -0.39 is 0 Å². The smallest absolute Gasteiger partial charge is 0.133 e. The van der Waals surface area contributed by atoms with Crippen molar-refractivity contribution < 1.29 is 4.79 Å². The fourth-order valence-corrected chi connectivity index (χ4v) is 1.78. The zero-order valence-electron chi connectivity index (χ0n) is 8.35. The Bertz CT molecular complexity index is 127. The van der Waals surface area contributed by atoms with Gasteiger partial charge in [0, 0.05) is 5.92 Å². The average Bonchev–Trinajstić information content (AvgIpc) is 1.85. The van der Waals surface area contributed by atoms with Crippen LogP contribution in [-0.2, 0) is 4.79 Å². The fraction of sp³-hybridized carbons (Fsp3) is 0.900. The molecular weight excluding hydrogens is 136 g/mol. The first-order valence-corrected chi connectivity index (χ1v) is 4.51. The van der Waals surface area contributed by atoms with Crippen molar-refractivity contribution in [3.05, 3.63) is 0 Å². The van der Waals surface area contributed by atoms with E-state index in [1.165, 1.54) is 0 Å². The van der Waals surface area contributed by atoms with Crippen molar-refractivity contribution in [1.29, 1.82) is 0 Å². The van der Waals surface area contributed by atoms with Gasteiger partial charge in [0.25, 0.3) is 0 Å². The molecular formula is C10H20O. The molecule has 0 spiro atoms. The summed E-state index contributed by atoms with van der Waals surface area (Å²) in [5, 5.41) is 0. The molecule has 0 saturated carbocycles. The van der Waals surface area contributed by atoms with Crippen molar-refractivity contribution in [3.8, 4) is 0 Å². The molecule has 0 aliphatic carbocycles. The number of hydrogen-bond donors (Lipinski definition) is 0. The van der Waals surface area contributed by atoms with Crippen LogP contribution in [0.1, 0.15) is 41.0 Å². The van der Waals surface area contributed by atoms with Crippen molar-refractivity contribution in [3.63, 3.8) is 0 Å². The van der Waals surface area contributed by atoms with E-state index >= 15 is 0 Å². The Morgan fingerprint density at radius 1 is 1.27 bits per heavy atom. The minimum atomic E-state index is 0.264. The van der Waals surface area contributed by atoms with Crippen LogP contribution in [0.5, 0.6) is 0 Å². The third-order valence-electron chi connectivity index (χ3n) is 2.44. The van der Waals surface area contributed by atoms with E-state index in [9.17, 15) is 4.79 Å². The van der Waals surface area contributed by atoms with E-state index in [2.05, 4.69) is 27.7 Å². The number of Topliss-reactive ketones (excluding diaryl/α,β-unsaturated/α-hetero) is 1. The summed E-state index contributed by atoms with van der Waals surface area (Å²) in [4.78, 5) is 11.2. The highest BCUT2D eigenvalue weighted by molar-refractivity contribution is 5.78. The van der Waals surface area contributed by atoms with Gasteiger partial charge in [0.05, 0.1) is 0 Å². The third kappa shape index (κ3) is 3.04. The minimum absolute atomic E-state index is 0.264. The van der Waals surface area contributed by atoms with Gasteiger partial charge in [0.1, 0.15) is 5.78 Å². The summed E-state index contributed by atoms with van der Waals surface area (Å²) < 4.78 is 0. The van der Waals surface area contributed by atoms with Gasteiger partial charge in [-0.25, -0.2) is 0 Å². The zero-order valence-corrected chi connectivity index (χ0v) is 8.35. The lowest BCUT2D eigenvalue weighted by atomic mass is 9.80. The van der Waals surface area contributed by atoms with Crippen LogP contribution in [-0.4, -0.2) is 5.78 Å². The highest BCUT2D eigenvalue weighted by Crippen LogP contribution is 2.23. The summed E-state index contributed by atoms with van der Waals surface area (Å²) in [6, 6.07) is 0. The molecule has 0 bridgehead atoms. The Balaban J connectivity index is 4.21. The SMILES string of the molecule is CCC(C)C(C(C)=O)C(C)C. The summed E-state index contributed by atoms with van der Waals surface area (Å²) in [5.41, 5.74) is 0. The molecule has 0 fully saturated rings. The Labute approximate surface area is 70.2 Å². The lowest BCUT2D eigenvalue weighted by Crippen LogP contribution is -2.24. The van der Waals surface area contributed by atoms with Crippen molar-refractivity contribution in [1.82, 2.24) is 0 Å². The molecule has 0 aromatic carbocycles. The third-order valence-corrected chi connectivity index (χ3v) is 2.44. The monoisotopic (exact) mass is 156 g/mol. The van der Waals surface area contributed by atoms with Crippen molar-refractivity contribution in [2.24, 2.45) is 17.8 Å². The van der Waals surface area contributed by atoms with Crippen LogP contribution in [0.3, 0.4) is 0 Å². The maximum absolute atomic E-state index is 11.2. The van der Waals surface area contributed by atoms with Gasteiger partial charge in [-0.1, -0.05) is 34.1 Å². The Morgan fingerprint density at radius 2 is 1.73 bits per heavy atom. The van der Waals surface area contributed by atoms with Crippen molar-refractivity contribution in [2.75, 3.05) is 0 Å². The zero-order chi connectivity index (χ0) is 9.02. The Kier molecular flexibility index (Phi) is 4.39. The molecule has 0 rings (SSSR count). The number of rotatable bonds is 4. The number of carbonyl (C=O) groups is 1. The van der Waals surface area contributed by atoms with E-state index in [0.29, 0.717) is 17.6 Å². The second-order valence-electron chi connectivity index (χ2n) is 3.77. The van der Waals surface area contributed by atoms with E-state index in [4.69, 9.17) is 0 Å². The van der Waals surface area contributed by atoms with Gasteiger partial charge in [-0.05, 0) is 18.8 Å². The maximum atomic E-state index is 11.2. The molecule has 0 aliphatic heterocycles.